The summed E-state index contributed by atoms with van der Waals surface area (Å²) in [5.74, 6) is 3.07. The molecule has 10 heteroatoms. The summed E-state index contributed by atoms with van der Waals surface area (Å²) in [5, 5.41) is 18.9. The molecule has 0 bridgehead atoms. The number of hydrogen-bond acceptors (Lipinski definition) is 8. The number of aromatic amines is 1. The van der Waals surface area contributed by atoms with Gasteiger partial charge in [-0.2, -0.15) is 5.26 Å². The number of H-pyrrole nitrogens is 1. The normalized spacial score (nSPS) is 14.0. The van der Waals surface area contributed by atoms with Crippen LogP contribution in [0.2, 0.25) is 0 Å². The molecule has 1 unspecified atom stereocenters. The largest absolute Gasteiger partial charge is 0.492 e. The summed E-state index contributed by atoms with van der Waals surface area (Å²) in [5.41, 5.74) is 3.99. The summed E-state index contributed by atoms with van der Waals surface area (Å²) in [4.78, 5) is 25.9. The van der Waals surface area contributed by atoms with Crippen molar-refractivity contribution in [2.45, 2.75) is 46.1 Å². The molecule has 1 aliphatic heterocycles. The SMILES string of the molecule is CCCCOc1c(C)cccc1C(=O)N1CCN(C(Cc2ccc(C#N)c(Oc3cccc(OCCO)c3)c2)c2cnc(C)[nH]2)CC1. The second kappa shape index (κ2) is 16.1. The smallest absolute Gasteiger partial charge is 0.257 e. The first-order chi connectivity index (χ1) is 22.9. The lowest BCUT2D eigenvalue weighted by atomic mass is 9.99. The number of imidazole rings is 1. The lowest BCUT2D eigenvalue weighted by molar-refractivity contribution is 0.0558. The minimum atomic E-state index is -0.0875. The molecule has 0 spiro atoms. The predicted octanol–water partition coefficient (Wildman–Crippen LogP) is 5.98. The fourth-order valence-electron chi connectivity index (χ4n) is 5.79. The second-order valence-corrected chi connectivity index (χ2v) is 11.7. The molecular formula is C37H43N5O5. The Bertz CT molecular complexity index is 1690. The number of para-hydroxylation sites is 1. The van der Waals surface area contributed by atoms with Gasteiger partial charge in [0.15, 0.2) is 0 Å². The van der Waals surface area contributed by atoms with Crippen LogP contribution >= 0.6 is 0 Å². The van der Waals surface area contributed by atoms with Crippen LogP contribution in [0.3, 0.4) is 0 Å². The Hall–Kier alpha value is -4.85. The second-order valence-electron chi connectivity index (χ2n) is 11.7. The van der Waals surface area contributed by atoms with E-state index < -0.39 is 0 Å². The highest BCUT2D eigenvalue weighted by atomic mass is 16.5. The molecular weight excluding hydrogens is 594 g/mol. The van der Waals surface area contributed by atoms with Gasteiger partial charge >= 0.3 is 0 Å². The number of rotatable bonds is 14. The summed E-state index contributed by atoms with van der Waals surface area (Å²) in [6.07, 6.45) is 4.49. The highest BCUT2D eigenvalue weighted by Crippen LogP contribution is 2.32. The van der Waals surface area contributed by atoms with Crippen LogP contribution in [0.1, 0.15) is 64.4 Å². The molecule has 0 radical (unpaired) electrons. The fraction of sp³-hybridized carbons (Fsp3) is 0.378. The number of carbonyl (C=O) groups excluding carboxylic acids is 1. The third-order valence-corrected chi connectivity index (χ3v) is 8.30. The molecule has 1 aliphatic rings. The van der Waals surface area contributed by atoms with Crippen LogP contribution in [-0.2, 0) is 6.42 Å². The predicted molar refractivity (Wildman–Crippen MR) is 179 cm³/mol. The molecule has 4 aromatic rings. The number of aromatic nitrogens is 2. The first kappa shape index (κ1) is 33.5. The zero-order valence-electron chi connectivity index (χ0n) is 27.4. The summed E-state index contributed by atoms with van der Waals surface area (Å²) in [6, 6.07) is 20.7. The van der Waals surface area contributed by atoms with Gasteiger partial charge in [-0.1, -0.05) is 37.6 Å². The Morgan fingerprint density at radius 1 is 1.02 bits per heavy atom. The number of ether oxygens (including phenoxy) is 3. The lowest BCUT2D eigenvalue weighted by Gasteiger charge is -2.39. The van der Waals surface area contributed by atoms with E-state index in [1.54, 1.807) is 30.3 Å². The molecule has 1 fully saturated rings. The van der Waals surface area contributed by atoms with E-state index in [4.69, 9.17) is 19.3 Å². The number of aliphatic hydroxyl groups excluding tert-OH is 1. The fourth-order valence-corrected chi connectivity index (χ4v) is 5.79. The van der Waals surface area contributed by atoms with Gasteiger partial charge in [0.1, 0.15) is 41.5 Å². The quantitative estimate of drug-likeness (QED) is 0.162. The Kier molecular flexibility index (Phi) is 11.5. The van der Waals surface area contributed by atoms with Crippen molar-refractivity contribution in [1.29, 1.82) is 5.26 Å². The first-order valence-corrected chi connectivity index (χ1v) is 16.2. The maximum absolute atomic E-state index is 13.7. The molecule has 5 rings (SSSR count). The van der Waals surface area contributed by atoms with E-state index in [2.05, 4.69) is 27.9 Å². The number of nitrogens with one attached hydrogen (secondary N) is 1. The molecule has 2 heterocycles. The van der Waals surface area contributed by atoms with Gasteiger partial charge < -0.3 is 29.2 Å². The van der Waals surface area contributed by atoms with Gasteiger partial charge in [0, 0.05) is 38.4 Å². The van der Waals surface area contributed by atoms with Crippen molar-refractivity contribution in [2.75, 3.05) is 46.0 Å². The maximum Gasteiger partial charge on any atom is 0.257 e. The molecule has 0 saturated carbocycles. The Morgan fingerprint density at radius 2 is 1.81 bits per heavy atom. The number of benzene rings is 3. The van der Waals surface area contributed by atoms with Gasteiger partial charge in [-0.15, -0.1) is 0 Å². The van der Waals surface area contributed by atoms with E-state index in [9.17, 15) is 10.1 Å². The van der Waals surface area contributed by atoms with E-state index in [0.717, 1.165) is 35.5 Å². The standard InChI is InChI=1S/C37H43N5O5/c1-4-5-19-46-36-26(2)8-6-11-32(36)37(44)42-16-14-41(15-17-42)34(33-25-39-27(3)40-33)21-28-12-13-29(24-38)35(22-28)47-31-10-7-9-30(23-31)45-20-18-43/h6-13,22-23,25,34,43H,4-5,14-21H2,1-3H3,(H,39,40). The van der Waals surface area contributed by atoms with Gasteiger partial charge in [0.05, 0.1) is 36.1 Å². The summed E-state index contributed by atoms with van der Waals surface area (Å²) in [7, 11) is 0. The zero-order valence-corrected chi connectivity index (χ0v) is 27.4. The number of nitrogens with zero attached hydrogens (tertiary/aromatic N) is 4. The van der Waals surface area contributed by atoms with Crippen LogP contribution in [0.25, 0.3) is 0 Å². The van der Waals surface area contributed by atoms with Gasteiger partial charge in [-0.25, -0.2) is 4.98 Å². The van der Waals surface area contributed by atoms with E-state index in [-0.39, 0.29) is 25.2 Å². The molecule has 3 aromatic carbocycles. The van der Waals surface area contributed by atoms with Crippen molar-refractivity contribution in [1.82, 2.24) is 19.8 Å². The number of aliphatic hydroxyl groups is 1. The highest BCUT2D eigenvalue weighted by Gasteiger charge is 2.30. The van der Waals surface area contributed by atoms with Crippen LogP contribution in [0, 0.1) is 25.2 Å². The minimum Gasteiger partial charge on any atom is -0.492 e. The number of carbonyl (C=O) groups is 1. The van der Waals surface area contributed by atoms with Crippen LogP contribution in [-0.4, -0.2) is 76.8 Å². The highest BCUT2D eigenvalue weighted by molar-refractivity contribution is 5.97. The van der Waals surface area contributed by atoms with Gasteiger partial charge in [-0.3, -0.25) is 9.69 Å². The third kappa shape index (κ3) is 8.50. The van der Waals surface area contributed by atoms with Crippen molar-refractivity contribution < 1.29 is 24.1 Å². The molecule has 1 aromatic heterocycles. The average molecular weight is 638 g/mol. The van der Waals surface area contributed by atoms with Crippen molar-refractivity contribution in [3.05, 3.63) is 101 Å². The number of piperazine rings is 1. The van der Waals surface area contributed by atoms with Crippen molar-refractivity contribution in [3.8, 4) is 29.1 Å². The summed E-state index contributed by atoms with van der Waals surface area (Å²) in [6.45, 7) is 9.27. The third-order valence-electron chi connectivity index (χ3n) is 8.30. The molecule has 10 nitrogen and oxygen atoms in total. The number of hydrogen-bond donors (Lipinski definition) is 2. The van der Waals surface area contributed by atoms with Crippen molar-refractivity contribution in [3.63, 3.8) is 0 Å². The van der Waals surface area contributed by atoms with Crippen LogP contribution in [0.4, 0.5) is 0 Å². The molecule has 246 valence electrons. The number of unbranched alkanes of at least 4 members (excludes halogenated alkanes) is 1. The molecule has 1 saturated heterocycles. The Morgan fingerprint density at radius 3 is 2.53 bits per heavy atom. The average Bonchev–Trinajstić information content (AvgIpc) is 3.52. The topological polar surface area (TPSA) is 124 Å². The van der Waals surface area contributed by atoms with Crippen LogP contribution < -0.4 is 14.2 Å². The molecule has 1 amide bonds. The van der Waals surface area contributed by atoms with E-state index >= 15 is 0 Å². The van der Waals surface area contributed by atoms with Gasteiger partial charge in [-0.05, 0) is 68.1 Å². The Balaban J connectivity index is 1.32. The molecule has 0 aliphatic carbocycles. The van der Waals surface area contributed by atoms with Gasteiger partial charge in [0.25, 0.3) is 5.91 Å². The summed E-state index contributed by atoms with van der Waals surface area (Å²) >= 11 is 0. The molecule has 2 N–H and O–H groups in total. The van der Waals surface area contributed by atoms with Crippen LogP contribution in [0.5, 0.6) is 23.0 Å². The monoisotopic (exact) mass is 637 g/mol. The number of amides is 1. The zero-order chi connectivity index (χ0) is 33.2. The molecule has 47 heavy (non-hydrogen) atoms. The minimum absolute atomic E-state index is 0.00602. The maximum atomic E-state index is 13.7. The van der Waals surface area contributed by atoms with Crippen LogP contribution in [0.15, 0.2) is 66.9 Å². The number of aryl methyl sites for hydroxylation is 2. The lowest BCUT2D eigenvalue weighted by Crippen LogP contribution is -2.50. The van der Waals surface area contributed by atoms with Crippen molar-refractivity contribution in [2.24, 2.45) is 0 Å². The van der Waals surface area contributed by atoms with E-state index in [0.29, 0.717) is 73.3 Å². The Labute approximate surface area is 276 Å². The van der Waals surface area contributed by atoms with Gasteiger partial charge in [0.2, 0.25) is 0 Å². The van der Waals surface area contributed by atoms with E-state index in [1.807, 2.05) is 55.3 Å². The summed E-state index contributed by atoms with van der Waals surface area (Å²) < 4.78 is 17.8. The van der Waals surface area contributed by atoms with Crippen molar-refractivity contribution >= 4 is 5.91 Å². The molecule has 1 atom stereocenters. The first-order valence-electron chi connectivity index (χ1n) is 16.2. The van der Waals surface area contributed by atoms with E-state index in [1.165, 1.54) is 0 Å². The number of nitriles is 1.